The molecular formula is C28H30N2O4. The number of hydrogen-bond acceptors (Lipinski definition) is 4. The third-order valence-corrected chi connectivity index (χ3v) is 6.57. The lowest BCUT2D eigenvalue weighted by Crippen LogP contribution is -2.62. The van der Waals surface area contributed by atoms with Crippen molar-refractivity contribution in [1.82, 2.24) is 10.2 Å². The second-order valence-corrected chi connectivity index (χ2v) is 8.83. The van der Waals surface area contributed by atoms with E-state index in [4.69, 9.17) is 9.47 Å². The number of hydrogen-bond donors (Lipinski definition) is 1. The molecule has 0 spiro atoms. The van der Waals surface area contributed by atoms with Gasteiger partial charge in [-0.3, -0.25) is 9.59 Å². The van der Waals surface area contributed by atoms with Crippen molar-refractivity contribution in [3.63, 3.8) is 0 Å². The maximum Gasteiger partial charge on any atom is 0.255 e. The van der Waals surface area contributed by atoms with Gasteiger partial charge < -0.3 is 19.7 Å². The number of benzene rings is 3. The fraction of sp³-hybridized carbons (Fsp3) is 0.286. The largest absolute Gasteiger partial charge is 0.497 e. The van der Waals surface area contributed by atoms with Crippen LogP contribution in [0.2, 0.25) is 0 Å². The molecule has 1 N–H and O–H groups in total. The van der Waals surface area contributed by atoms with Crippen LogP contribution in [0.4, 0.5) is 0 Å². The van der Waals surface area contributed by atoms with Crippen LogP contribution in [0.25, 0.3) is 0 Å². The molecule has 0 unspecified atom stereocenters. The third-order valence-electron chi connectivity index (χ3n) is 6.57. The highest BCUT2D eigenvalue weighted by molar-refractivity contribution is 6.02. The monoisotopic (exact) mass is 458 g/mol. The van der Waals surface area contributed by atoms with Crippen LogP contribution in [-0.2, 0) is 24.3 Å². The van der Waals surface area contributed by atoms with Gasteiger partial charge >= 0.3 is 0 Å². The summed E-state index contributed by atoms with van der Waals surface area (Å²) in [6.07, 6.45) is 0.426. The molecule has 6 heteroatoms. The summed E-state index contributed by atoms with van der Waals surface area (Å²) in [6, 6.07) is 21.0. The molecule has 0 bridgehead atoms. The summed E-state index contributed by atoms with van der Waals surface area (Å²) in [5.41, 5.74) is 3.41. The fourth-order valence-electron chi connectivity index (χ4n) is 4.48. The van der Waals surface area contributed by atoms with Gasteiger partial charge in [0.2, 0.25) is 5.91 Å². The fourth-order valence-corrected chi connectivity index (χ4v) is 4.48. The summed E-state index contributed by atoms with van der Waals surface area (Å²) in [6.45, 7) is 4.50. The normalized spacial score (nSPS) is 17.2. The lowest BCUT2D eigenvalue weighted by atomic mass is 9.82. The van der Waals surface area contributed by atoms with E-state index in [1.807, 2.05) is 74.5 Å². The zero-order valence-corrected chi connectivity index (χ0v) is 20.1. The van der Waals surface area contributed by atoms with Gasteiger partial charge in [0.15, 0.2) is 0 Å². The van der Waals surface area contributed by atoms with Gasteiger partial charge in [0.1, 0.15) is 17.0 Å². The molecule has 1 aliphatic rings. The molecule has 1 aliphatic heterocycles. The molecule has 0 fully saturated rings. The van der Waals surface area contributed by atoms with Crippen LogP contribution < -0.4 is 14.8 Å². The Hall–Kier alpha value is -3.80. The molecular weight excluding hydrogens is 428 g/mol. The van der Waals surface area contributed by atoms with Gasteiger partial charge in [-0.1, -0.05) is 42.5 Å². The predicted molar refractivity (Wildman–Crippen MR) is 131 cm³/mol. The standard InChI is InChI=1S/C28H30N2O4/c1-19-9-5-6-11-22(19)17-29-27(32)28(2)16-21-10-7-8-12-25(21)26(31)30(28)18-20-13-23(33-3)15-24(14-20)34-4/h5-15H,16-18H2,1-4H3,(H,29,32)/t28-/m1/s1. The first-order valence-electron chi connectivity index (χ1n) is 11.3. The van der Waals surface area contributed by atoms with Crippen LogP contribution in [-0.4, -0.2) is 36.5 Å². The summed E-state index contributed by atoms with van der Waals surface area (Å²) in [7, 11) is 3.17. The molecule has 1 atom stereocenters. The van der Waals surface area contributed by atoms with Crippen LogP contribution in [0.1, 0.15) is 39.5 Å². The first-order valence-corrected chi connectivity index (χ1v) is 11.3. The van der Waals surface area contributed by atoms with Crippen molar-refractivity contribution in [2.45, 2.75) is 38.9 Å². The summed E-state index contributed by atoms with van der Waals surface area (Å²) >= 11 is 0. The predicted octanol–water partition coefficient (Wildman–Crippen LogP) is 4.29. The molecule has 0 saturated carbocycles. The van der Waals surface area contributed by atoms with Crippen molar-refractivity contribution in [2.24, 2.45) is 0 Å². The molecule has 0 aromatic heterocycles. The lowest BCUT2D eigenvalue weighted by molar-refractivity contribution is -0.132. The van der Waals surface area contributed by atoms with Crippen LogP contribution in [0.3, 0.4) is 0 Å². The van der Waals surface area contributed by atoms with Crippen LogP contribution in [0.5, 0.6) is 11.5 Å². The van der Waals surface area contributed by atoms with Gasteiger partial charge in [0.05, 0.1) is 14.2 Å². The number of ether oxygens (including phenoxy) is 2. The van der Waals surface area contributed by atoms with E-state index in [0.29, 0.717) is 30.0 Å². The molecule has 34 heavy (non-hydrogen) atoms. The quantitative estimate of drug-likeness (QED) is 0.574. The Morgan fingerprint density at radius 3 is 2.32 bits per heavy atom. The summed E-state index contributed by atoms with van der Waals surface area (Å²) < 4.78 is 10.8. The molecule has 3 aromatic rings. The van der Waals surface area contributed by atoms with Crippen molar-refractivity contribution in [3.05, 3.63) is 94.5 Å². The molecule has 1 heterocycles. The molecule has 0 saturated heterocycles. The van der Waals surface area contributed by atoms with Crippen molar-refractivity contribution in [2.75, 3.05) is 14.2 Å². The number of amides is 2. The SMILES string of the molecule is COc1cc(CN2C(=O)c3ccccc3C[C@]2(C)C(=O)NCc2ccccc2C)cc(OC)c1. The minimum absolute atomic E-state index is 0.169. The lowest BCUT2D eigenvalue weighted by Gasteiger charge is -2.44. The van der Waals surface area contributed by atoms with Crippen LogP contribution >= 0.6 is 0 Å². The van der Waals surface area contributed by atoms with Gasteiger partial charge in [0, 0.05) is 31.1 Å². The Bertz CT molecular complexity index is 1200. The Balaban J connectivity index is 1.68. The Labute approximate surface area is 200 Å². The van der Waals surface area contributed by atoms with E-state index >= 15 is 0 Å². The van der Waals surface area contributed by atoms with E-state index in [1.54, 1.807) is 25.2 Å². The van der Waals surface area contributed by atoms with Crippen molar-refractivity contribution >= 4 is 11.8 Å². The molecule has 0 aliphatic carbocycles. The summed E-state index contributed by atoms with van der Waals surface area (Å²) in [5.74, 6) is 0.903. The van der Waals surface area contributed by atoms with Gasteiger partial charge in [0.25, 0.3) is 5.91 Å². The van der Waals surface area contributed by atoms with E-state index in [2.05, 4.69) is 5.32 Å². The first kappa shape index (κ1) is 23.4. The number of methoxy groups -OCH3 is 2. The third kappa shape index (κ3) is 4.49. The number of fused-ring (bicyclic) bond motifs is 1. The van der Waals surface area contributed by atoms with E-state index in [9.17, 15) is 9.59 Å². The second-order valence-electron chi connectivity index (χ2n) is 8.83. The molecule has 3 aromatic carbocycles. The van der Waals surface area contributed by atoms with Crippen molar-refractivity contribution < 1.29 is 19.1 Å². The highest BCUT2D eigenvalue weighted by atomic mass is 16.5. The van der Waals surface area contributed by atoms with Crippen molar-refractivity contribution in [3.8, 4) is 11.5 Å². The average Bonchev–Trinajstić information content (AvgIpc) is 2.85. The molecule has 2 amide bonds. The van der Waals surface area contributed by atoms with E-state index in [0.717, 1.165) is 22.3 Å². The Kier molecular flexibility index (Phi) is 6.59. The summed E-state index contributed by atoms with van der Waals surface area (Å²) in [5, 5.41) is 3.08. The number of aryl methyl sites for hydroxylation is 1. The van der Waals surface area contributed by atoms with E-state index in [1.165, 1.54) is 0 Å². The van der Waals surface area contributed by atoms with E-state index < -0.39 is 5.54 Å². The Morgan fingerprint density at radius 2 is 1.65 bits per heavy atom. The maximum atomic E-state index is 13.7. The smallest absolute Gasteiger partial charge is 0.255 e. The molecule has 176 valence electrons. The van der Waals surface area contributed by atoms with Crippen LogP contribution in [0, 0.1) is 6.92 Å². The number of nitrogens with one attached hydrogen (secondary N) is 1. The minimum Gasteiger partial charge on any atom is -0.497 e. The van der Waals surface area contributed by atoms with Gasteiger partial charge in [-0.15, -0.1) is 0 Å². The zero-order chi connectivity index (χ0) is 24.3. The van der Waals surface area contributed by atoms with Crippen LogP contribution in [0.15, 0.2) is 66.7 Å². The molecule has 6 nitrogen and oxygen atoms in total. The highest BCUT2D eigenvalue weighted by Gasteiger charge is 2.46. The average molecular weight is 459 g/mol. The molecule has 0 radical (unpaired) electrons. The Morgan fingerprint density at radius 1 is 1.00 bits per heavy atom. The number of carbonyl (C=O) groups excluding carboxylic acids is 2. The summed E-state index contributed by atoms with van der Waals surface area (Å²) in [4.78, 5) is 29.0. The number of nitrogens with zero attached hydrogens (tertiary/aromatic N) is 1. The second kappa shape index (κ2) is 9.59. The van der Waals surface area contributed by atoms with Gasteiger partial charge in [-0.05, 0) is 54.3 Å². The zero-order valence-electron chi connectivity index (χ0n) is 20.1. The topological polar surface area (TPSA) is 67.9 Å². The van der Waals surface area contributed by atoms with Gasteiger partial charge in [-0.2, -0.15) is 0 Å². The van der Waals surface area contributed by atoms with Gasteiger partial charge in [-0.25, -0.2) is 0 Å². The number of carbonyl (C=O) groups is 2. The first-order chi connectivity index (χ1) is 16.4. The van der Waals surface area contributed by atoms with E-state index in [-0.39, 0.29) is 18.4 Å². The highest BCUT2D eigenvalue weighted by Crippen LogP contribution is 2.34. The minimum atomic E-state index is -1.07. The maximum absolute atomic E-state index is 13.7. The van der Waals surface area contributed by atoms with Crippen molar-refractivity contribution in [1.29, 1.82) is 0 Å². The number of rotatable bonds is 7. The molecule has 4 rings (SSSR count).